The molecule has 0 unspecified atom stereocenters. The lowest BCUT2D eigenvalue weighted by Crippen LogP contribution is -2.41. The molecule has 0 bridgehead atoms. The van der Waals surface area contributed by atoms with Gasteiger partial charge in [0.1, 0.15) is 11.6 Å². The van der Waals surface area contributed by atoms with Gasteiger partial charge in [0.05, 0.1) is 12.5 Å². The van der Waals surface area contributed by atoms with Crippen molar-refractivity contribution in [3.63, 3.8) is 0 Å². The van der Waals surface area contributed by atoms with E-state index in [9.17, 15) is 17.6 Å². The van der Waals surface area contributed by atoms with Gasteiger partial charge in [-0.25, -0.2) is 4.39 Å². The topological polar surface area (TPSA) is 21.7 Å². The molecule has 0 radical (unpaired) electrons. The summed E-state index contributed by atoms with van der Waals surface area (Å²) in [5.74, 6) is -1.27. The van der Waals surface area contributed by atoms with Gasteiger partial charge in [0.15, 0.2) is 0 Å². The fraction of sp³-hybridized carbons (Fsp3) is 0.429. The highest BCUT2D eigenvalue weighted by Crippen LogP contribution is 2.38. The van der Waals surface area contributed by atoms with Crippen LogP contribution in [0.2, 0.25) is 0 Å². The number of likely N-dealkylation sites (tertiary alicyclic amines) is 1. The second-order valence-electron chi connectivity index (χ2n) is 7.34. The molecule has 0 amide bonds. The highest BCUT2D eigenvalue weighted by molar-refractivity contribution is 5.43. The zero-order valence-corrected chi connectivity index (χ0v) is 15.2. The molecule has 0 aromatic heterocycles. The monoisotopic (exact) mass is 395 g/mol. The van der Waals surface area contributed by atoms with Crippen LogP contribution in [0.3, 0.4) is 0 Å². The number of hydrogen-bond acceptors (Lipinski definition) is 3. The van der Waals surface area contributed by atoms with Gasteiger partial charge in [0.2, 0.25) is 6.29 Å². The SMILES string of the molecule is Fc1cc2c(c(CN3CCC[C@@H](C(F)(F)F)C3)c1)O[C@@H](c1ccccc1)OC2. The summed E-state index contributed by atoms with van der Waals surface area (Å²) < 4.78 is 65.1. The summed E-state index contributed by atoms with van der Waals surface area (Å²) in [5, 5.41) is 0. The van der Waals surface area contributed by atoms with Crippen molar-refractivity contribution in [2.45, 2.75) is 38.5 Å². The second-order valence-corrected chi connectivity index (χ2v) is 7.34. The Labute approximate surface area is 160 Å². The molecule has 2 aliphatic heterocycles. The number of piperidine rings is 1. The minimum Gasteiger partial charge on any atom is -0.460 e. The highest BCUT2D eigenvalue weighted by Gasteiger charge is 2.41. The van der Waals surface area contributed by atoms with E-state index in [-0.39, 0.29) is 26.1 Å². The van der Waals surface area contributed by atoms with Crippen molar-refractivity contribution in [1.82, 2.24) is 4.90 Å². The molecule has 0 N–H and O–H groups in total. The number of ether oxygens (including phenoxy) is 2. The van der Waals surface area contributed by atoms with Crippen molar-refractivity contribution in [2.24, 2.45) is 5.92 Å². The molecule has 4 rings (SSSR count). The molecule has 2 aromatic rings. The molecule has 0 aliphatic carbocycles. The Bertz CT molecular complexity index is 825. The average molecular weight is 395 g/mol. The van der Waals surface area contributed by atoms with E-state index in [0.717, 1.165) is 5.56 Å². The minimum absolute atomic E-state index is 0.0760. The van der Waals surface area contributed by atoms with E-state index >= 15 is 0 Å². The Morgan fingerprint density at radius 1 is 1.11 bits per heavy atom. The first kappa shape index (κ1) is 19.2. The van der Waals surface area contributed by atoms with Crippen molar-refractivity contribution in [2.75, 3.05) is 13.1 Å². The fourth-order valence-corrected chi connectivity index (χ4v) is 3.88. The van der Waals surface area contributed by atoms with Crippen LogP contribution in [0.5, 0.6) is 5.75 Å². The first-order valence-corrected chi connectivity index (χ1v) is 9.34. The van der Waals surface area contributed by atoms with Crippen LogP contribution in [0, 0.1) is 11.7 Å². The Morgan fingerprint density at radius 3 is 2.64 bits per heavy atom. The van der Waals surface area contributed by atoms with Crippen molar-refractivity contribution < 1.29 is 27.0 Å². The Balaban J connectivity index is 1.56. The molecule has 1 saturated heterocycles. The minimum atomic E-state index is -4.21. The average Bonchev–Trinajstić information content (AvgIpc) is 2.68. The summed E-state index contributed by atoms with van der Waals surface area (Å²) in [4.78, 5) is 1.73. The molecule has 3 nitrogen and oxygen atoms in total. The molecular weight excluding hydrogens is 374 g/mol. The smallest absolute Gasteiger partial charge is 0.393 e. The predicted octanol–water partition coefficient (Wildman–Crippen LogP) is 5.21. The molecule has 1 fully saturated rings. The largest absolute Gasteiger partial charge is 0.460 e. The van der Waals surface area contributed by atoms with Crippen molar-refractivity contribution in [3.8, 4) is 5.75 Å². The molecule has 28 heavy (non-hydrogen) atoms. The number of hydrogen-bond donors (Lipinski definition) is 0. The lowest BCUT2D eigenvalue weighted by Gasteiger charge is -2.35. The van der Waals surface area contributed by atoms with Crippen LogP contribution in [0.15, 0.2) is 42.5 Å². The maximum atomic E-state index is 14.1. The van der Waals surface area contributed by atoms with Gasteiger partial charge in [0.25, 0.3) is 0 Å². The van der Waals surface area contributed by atoms with E-state index in [4.69, 9.17) is 9.47 Å². The van der Waals surface area contributed by atoms with E-state index in [2.05, 4.69) is 0 Å². The van der Waals surface area contributed by atoms with Gasteiger partial charge in [-0.2, -0.15) is 13.2 Å². The lowest BCUT2D eigenvalue weighted by molar-refractivity contribution is -0.187. The first-order chi connectivity index (χ1) is 13.4. The number of benzene rings is 2. The van der Waals surface area contributed by atoms with E-state index in [0.29, 0.717) is 29.8 Å². The van der Waals surface area contributed by atoms with E-state index in [1.807, 2.05) is 30.3 Å². The van der Waals surface area contributed by atoms with Gasteiger partial charge in [0, 0.05) is 29.8 Å². The quantitative estimate of drug-likeness (QED) is 0.666. The van der Waals surface area contributed by atoms with Crippen molar-refractivity contribution >= 4 is 0 Å². The molecule has 150 valence electrons. The number of alkyl halides is 3. The molecule has 2 aromatic carbocycles. The molecule has 7 heteroatoms. The predicted molar refractivity (Wildman–Crippen MR) is 95.1 cm³/mol. The Kier molecular flexibility index (Phi) is 5.29. The van der Waals surface area contributed by atoms with E-state index in [1.54, 1.807) is 4.90 Å². The summed E-state index contributed by atoms with van der Waals surface area (Å²) in [5.41, 5.74) is 1.96. The second kappa shape index (κ2) is 7.72. The normalized spacial score (nSPS) is 23.1. The number of halogens is 4. The summed E-state index contributed by atoms with van der Waals surface area (Å²) in [6, 6.07) is 12.1. The fourth-order valence-electron chi connectivity index (χ4n) is 3.88. The van der Waals surface area contributed by atoms with Crippen LogP contribution in [-0.4, -0.2) is 24.2 Å². The van der Waals surface area contributed by atoms with E-state index in [1.165, 1.54) is 12.1 Å². The summed E-state index contributed by atoms with van der Waals surface area (Å²) in [7, 11) is 0. The van der Waals surface area contributed by atoms with Gasteiger partial charge >= 0.3 is 6.18 Å². The third kappa shape index (κ3) is 4.15. The number of rotatable bonds is 3. The van der Waals surface area contributed by atoms with Crippen LogP contribution >= 0.6 is 0 Å². The molecule has 2 aliphatic rings. The van der Waals surface area contributed by atoms with Gasteiger partial charge < -0.3 is 9.47 Å². The zero-order valence-electron chi connectivity index (χ0n) is 15.2. The van der Waals surface area contributed by atoms with Crippen LogP contribution in [0.4, 0.5) is 17.6 Å². The van der Waals surface area contributed by atoms with Gasteiger partial charge in [-0.05, 0) is 31.5 Å². The summed E-state index contributed by atoms with van der Waals surface area (Å²) in [6.07, 6.45) is -4.22. The maximum Gasteiger partial charge on any atom is 0.393 e. The van der Waals surface area contributed by atoms with Gasteiger partial charge in [-0.3, -0.25) is 4.90 Å². The van der Waals surface area contributed by atoms with Crippen LogP contribution < -0.4 is 4.74 Å². The summed E-state index contributed by atoms with van der Waals surface area (Å²) in [6.45, 7) is 0.878. The number of nitrogens with zero attached hydrogens (tertiary/aromatic N) is 1. The highest BCUT2D eigenvalue weighted by atomic mass is 19.4. The third-order valence-electron chi connectivity index (χ3n) is 5.26. The van der Waals surface area contributed by atoms with E-state index < -0.39 is 24.2 Å². The van der Waals surface area contributed by atoms with Crippen molar-refractivity contribution in [1.29, 1.82) is 0 Å². The lowest BCUT2D eigenvalue weighted by atomic mass is 9.96. The van der Waals surface area contributed by atoms with Crippen molar-refractivity contribution in [3.05, 3.63) is 65.0 Å². The van der Waals surface area contributed by atoms with Crippen LogP contribution in [-0.2, 0) is 17.9 Å². The first-order valence-electron chi connectivity index (χ1n) is 9.34. The maximum absolute atomic E-state index is 14.1. The Morgan fingerprint density at radius 2 is 1.89 bits per heavy atom. The van der Waals surface area contributed by atoms with Gasteiger partial charge in [-0.15, -0.1) is 0 Å². The van der Waals surface area contributed by atoms with Crippen LogP contribution in [0.25, 0.3) is 0 Å². The third-order valence-corrected chi connectivity index (χ3v) is 5.26. The number of fused-ring (bicyclic) bond motifs is 1. The van der Waals surface area contributed by atoms with Crippen LogP contribution in [0.1, 0.15) is 35.8 Å². The van der Waals surface area contributed by atoms with Gasteiger partial charge in [-0.1, -0.05) is 30.3 Å². The molecule has 2 atom stereocenters. The Hall–Kier alpha value is -2.12. The zero-order chi connectivity index (χ0) is 19.7. The standard InChI is InChI=1S/C21H21F4NO2/c22-18-9-15(11-26-8-4-7-17(12-26)21(23,24)25)19-16(10-18)13-27-20(28-19)14-5-2-1-3-6-14/h1-3,5-6,9-10,17,20H,4,7-8,11-13H2/t17-,20+/m1/s1. The summed E-state index contributed by atoms with van der Waals surface area (Å²) >= 11 is 0. The molecule has 0 spiro atoms. The molecule has 0 saturated carbocycles. The molecule has 2 heterocycles. The molecular formula is C21H21F4NO2.